The molecule has 0 aliphatic rings. The number of aryl methyl sites for hydroxylation is 3. The molecule has 3 heteroatoms. The zero-order chi connectivity index (χ0) is 14.5. The number of carboxylic acids is 1. The molecule has 0 fully saturated rings. The molecule has 2 rings (SSSR count). The molecule has 0 heterocycles. The van der Waals surface area contributed by atoms with Crippen LogP contribution in [0.25, 0.3) is 0 Å². The van der Waals surface area contributed by atoms with Crippen LogP contribution in [0.3, 0.4) is 0 Å². The number of hydrogen-bond donors (Lipinski definition) is 2. The van der Waals surface area contributed by atoms with Gasteiger partial charge in [0.1, 0.15) is 11.3 Å². The highest BCUT2D eigenvalue weighted by Gasteiger charge is 2.09. The molecule has 0 radical (unpaired) electrons. The van der Waals surface area contributed by atoms with Crippen LogP contribution in [0.5, 0.6) is 5.75 Å². The molecule has 0 atom stereocenters. The van der Waals surface area contributed by atoms with E-state index in [9.17, 15) is 9.90 Å². The summed E-state index contributed by atoms with van der Waals surface area (Å²) in [7, 11) is 0. The fourth-order valence-corrected chi connectivity index (χ4v) is 2.16. The molecule has 0 amide bonds. The number of hydrogen-bond acceptors (Lipinski definition) is 2. The topological polar surface area (TPSA) is 57.5 Å². The normalized spacial score (nSPS) is 10.4. The van der Waals surface area contributed by atoms with Crippen LogP contribution in [0.15, 0.2) is 42.5 Å². The Kier molecular flexibility index (Phi) is 4.41. The minimum absolute atomic E-state index is 0.0298. The van der Waals surface area contributed by atoms with Crippen molar-refractivity contribution in [2.24, 2.45) is 0 Å². The van der Waals surface area contributed by atoms with E-state index in [1.54, 1.807) is 12.1 Å². The third-order valence-corrected chi connectivity index (χ3v) is 3.34. The molecule has 0 saturated heterocycles. The van der Waals surface area contributed by atoms with Crippen molar-refractivity contribution in [2.75, 3.05) is 0 Å². The predicted octanol–water partition coefficient (Wildman–Crippen LogP) is 3.57. The van der Waals surface area contributed by atoms with E-state index >= 15 is 0 Å². The van der Waals surface area contributed by atoms with Gasteiger partial charge in [-0.05, 0) is 49.4 Å². The van der Waals surface area contributed by atoms with Crippen molar-refractivity contribution in [2.45, 2.75) is 26.2 Å². The molecule has 0 aliphatic heterocycles. The van der Waals surface area contributed by atoms with Crippen LogP contribution in [0.4, 0.5) is 0 Å². The second-order valence-corrected chi connectivity index (χ2v) is 5.00. The van der Waals surface area contributed by atoms with Crippen molar-refractivity contribution >= 4 is 5.97 Å². The number of carboxylic acid groups (broad SMARTS) is 1. The van der Waals surface area contributed by atoms with Crippen LogP contribution in [0.1, 0.15) is 33.5 Å². The second-order valence-electron chi connectivity index (χ2n) is 5.00. The average molecular weight is 270 g/mol. The molecule has 3 nitrogen and oxygen atoms in total. The Hall–Kier alpha value is -2.29. The van der Waals surface area contributed by atoms with Gasteiger partial charge in [-0.3, -0.25) is 0 Å². The SMILES string of the molecule is Cc1ccc(CCCc2ccc(O)c(C(=O)O)c2)cc1. The lowest BCUT2D eigenvalue weighted by molar-refractivity contribution is 0.0693. The fourth-order valence-electron chi connectivity index (χ4n) is 2.16. The summed E-state index contributed by atoms with van der Waals surface area (Å²) in [6, 6.07) is 13.2. The number of aromatic hydroxyl groups is 1. The molecule has 0 saturated carbocycles. The Bertz CT molecular complexity index is 600. The second kappa shape index (κ2) is 6.24. The van der Waals surface area contributed by atoms with Gasteiger partial charge in [-0.25, -0.2) is 4.79 Å². The number of carbonyl (C=O) groups is 1. The first-order valence-electron chi connectivity index (χ1n) is 6.67. The Labute approximate surface area is 118 Å². The smallest absolute Gasteiger partial charge is 0.339 e. The van der Waals surface area contributed by atoms with Crippen LogP contribution in [-0.2, 0) is 12.8 Å². The summed E-state index contributed by atoms with van der Waals surface area (Å²) in [5.41, 5.74) is 3.44. The maximum atomic E-state index is 10.9. The van der Waals surface area contributed by atoms with Gasteiger partial charge in [0.15, 0.2) is 0 Å². The molecular formula is C17H18O3. The van der Waals surface area contributed by atoms with Crippen molar-refractivity contribution in [1.29, 1.82) is 0 Å². The van der Waals surface area contributed by atoms with Crippen LogP contribution < -0.4 is 0 Å². The molecule has 2 aromatic carbocycles. The highest BCUT2D eigenvalue weighted by molar-refractivity contribution is 5.90. The van der Waals surface area contributed by atoms with Crippen molar-refractivity contribution in [3.05, 3.63) is 64.7 Å². The van der Waals surface area contributed by atoms with Gasteiger partial charge in [0.2, 0.25) is 0 Å². The first-order valence-corrected chi connectivity index (χ1v) is 6.67. The van der Waals surface area contributed by atoms with Crippen molar-refractivity contribution in [3.63, 3.8) is 0 Å². The molecular weight excluding hydrogens is 252 g/mol. The van der Waals surface area contributed by atoms with E-state index in [4.69, 9.17) is 5.11 Å². The summed E-state index contributed by atoms with van der Waals surface area (Å²) in [5, 5.41) is 18.4. The quantitative estimate of drug-likeness (QED) is 0.873. The average Bonchev–Trinajstić information content (AvgIpc) is 2.42. The van der Waals surface area contributed by atoms with E-state index in [1.165, 1.54) is 17.2 Å². The standard InChI is InChI=1S/C17H18O3/c1-12-5-7-13(8-6-12)3-2-4-14-9-10-16(18)15(11-14)17(19)20/h5-11,18H,2-4H2,1H3,(H,19,20). The van der Waals surface area contributed by atoms with Crippen LogP contribution >= 0.6 is 0 Å². The summed E-state index contributed by atoms with van der Waals surface area (Å²) < 4.78 is 0. The predicted molar refractivity (Wildman–Crippen MR) is 78.3 cm³/mol. The molecule has 0 spiro atoms. The third kappa shape index (κ3) is 3.60. The van der Waals surface area contributed by atoms with Gasteiger partial charge in [0, 0.05) is 0 Å². The van der Waals surface area contributed by atoms with Gasteiger partial charge in [-0.2, -0.15) is 0 Å². The summed E-state index contributed by atoms with van der Waals surface area (Å²) in [5.74, 6) is -1.28. The zero-order valence-corrected chi connectivity index (χ0v) is 11.5. The minimum Gasteiger partial charge on any atom is -0.507 e. The van der Waals surface area contributed by atoms with Crippen LogP contribution in [-0.4, -0.2) is 16.2 Å². The first kappa shape index (κ1) is 14.1. The number of phenols is 1. The van der Waals surface area contributed by atoms with E-state index in [1.807, 2.05) is 0 Å². The lowest BCUT2D eigenvalue weighted by Crippen LogP contribution is -1.99. The van der Waals surface area contributed by atoms with Gasteiger partial charge < -0.3 is 10.2 Å². The minimum atomic E-state index is -1.09. The van der Waals surface area contributed by atoms with Crippen molar-refractivity contribution in [3.8, 4) is 5.75 Å². The highest BCUT2D eigenvalue weighted by Crippen LogP contribution is 2.19. The first-order chi connectivity index (χ1) is 9.56. The van der Waals surface area contributed by atoms with Crippen molar-refractivity contribution < 1.29 is 15.0 Å². The van der Waals surface area contributed by atoms with Crippen molar-refractivity contribution in [1.82, 2.24) is 0 Å². The van der Waals surface area contributed by atoms with Gasteiger partial charge in [0.25, 0.3) is 0 Å². The number of rotatable bonds is 5. The summed E-state index contributed by atoms with van der Waals surface area (Å²) in [4.78, 5) is 10.9. The maximum Gasteiger partial charge on any atom is 0.339 e. The number of benzene rings is 2. The zero-order valence-electron chi connectivity index (χ0n) is 11.5. The Morgan fingerprint density at radius 3 is 2.25 bits per heavy atom. The molecule has 2 aromatic rings. The van der Waals surface area contributed by atoms with E-state index in [0.29, 0.717) is 0 Å². The molecule has 20 heavy (non-hydrogen) atoms. The molecule has 2 N–H and O–H groups in total. The molecule has 104 valence electrons. The van der Waals surface area contributed by atoms with Crippen LogP contribution in [0.2, 0.25) is 0 Å². The van der Waals surface area contributed by atoms with E-state index < -0.39 is 5.97 Å². The highest BCUT2D eigenvalue weighted by atomic mass is 16.4. The molecule has 0 unspecified atom stereocenters. The van der Waals surface area contributed by atoms with Gasteiger partial charge in [0.05, 0.1) is 0 Å². The Balaban J connectivity index is 1.96. The largest absolute Gasteiger partial charge is 0.507 e. The van der Waals surface area contributed by atoms with Gasteiger partial charge in [-0.1, -0.05) is 35.9 Å². The summed E-state index contributed by atoms with van der Waals surface area (Å²) >= 11 is 0. The molecule has 0 aromatic heterocycles. The maximum absolute atomic E-state index is 10.9. The van der Waals surface area contributed by atoms with Gasteiger partial charge >= 0.3 is 5.97 Å². The summed E-state index contributed by atoms with van der Waals surface area (Å²) in [6.07, 6.45) is 2.71. The van der Waals surface area contributed by atoms with E-state index in [0.717, 1.165) is 24.8 Å². The summed E-state index contributed by atoms with van der Waals surface area (Å²) in [6.45, 7) is 2.06. The van der Waals surface area contributed by atoms with E-state index in [-0.39, 0.29) is 11.3 Å². The molecule has 0 bridgehead atoms. The lowest BCUT2D eigenvalue weighted by atomic mass is 10.0. The molecule has 0 aliphatic carbocycles. The van der Waals surface area contributed by atoms with Gasteiger partial charge in [-0.15, -0.1) is 0 Å². The van der Waals surface area contributed by atoms with Crippen LogP contribution in [0, 0.1) is 6.92 Å². The Morgan fingerprint density at radius 2 is 1.60 bits per heavy atom. The lowest BCUT2D eigenvalue weighted by Gasteiger charge is -2.05. The fraction of sp³-hybridized carbons (Fsp3) is 0.235. The van der Waals surface area contributed by atoms with E-state index in [2.05, 4.69) is 31.2 Å². The Morgan fingerprint density at radius 1 is 1.00 bits per heavy atom. The number of aromatic carboxylic acids is 1. The third-order valence-electron chi connectivity index (χ3n) is 3.34. The monoisotopic (exact) mass is 270 g/mol.